The van der Waals surface area contributed by atoms with Gasteiger partial charge in [-0.05, 0) is 6.42 Å². The summed E-state index contributed by atoms with van der Waals surface area (Å²) in [4.78, 5) is 20.7. The zero-order valence-electron chi connectivity index (χ0n) is 14.8. The highest BCUT2D eigenvalue weighted by Gasteiger charge is 2.15. The van der Waals surface area contributed by atoms with Gasteiger partial charge in [0.1, 0.15) is 23.0 Å². The van der Waals surface area contributed by atoms with E-state index in [2.05, 4.69) is 20.6 Å². The van der Waals surface area contributed by atoms with E-state index in [0.29, 0.717) is 41.2 Å². The maximum atomic E-state index is 12.4. The third-order valence-electron chi connectivity index (χ3n) is 3.44. The first kappa shape index (κ1) is 19.7. The normalized spacial score (nSPS) is 10.3. The molecule has 2 N–H and O–H groups in total. The van der Waals surface area contributed by atoms with E-state index in [-0.39, 0.29) is 5.69 Å². The molecule has 0 spiro atoms. The number of carbonyl (C=O) groups excluding carboxylic acids is 1. The predicted molar refractivity (Wildman–Crippen MR) is 99.5 cm³/mol. The first-order valence-corrected chi connectivity index (χ1v) is 8.24. The van der Waals surface area contributed by atoms with E-state index in [4.69, 9.17) is 25.8 Å². The second-order valence-electron chi connectivity index (χ2n) is 5.20. The van der Waals surface area contributed by atoms with Crippen LogP contribution in [0.3, 0.4) is 0 Å². The monoisotopic (exact) mass is 380 g/mol. The molecule has 0 aliphatic heterocycles. The zero-order chi connectivity index (χ0) is 18.9. The molecule has 0 atom stereocenters. The largest absolute Gasteiger partial charge is 0.495 e. The Labute approximate surface area is 156 Å². The van der Waals surface area contributed by atoms with E-state index in [1.807, 2.05) is 0 Å². The van der Waals surface area contributed by atoms with Gasteiger partial charge in [0.05, 0.1) is 37.3 Å². The maximum Gasteiger partial charge on any atom is 0.275 e. The molecule has 26 heavy (non-hydrogen) atoms. The Morgan fingerprint density at radius 3 is 2.50 bits per heavy atom. The van der Waals surface area contributed by atoms with Crippen molar-refractivity contribution in [1.82, 2.24) is 9.97 Å². The lowest BCUT2D eigenvalue weighted by atomic mass is 10.2. The van der Waals surface area contributed by atoms with Gasteiger partial charge in [0.25, 0.3) is 5.91 Å². The van der Waals surface area contributed by atoms with Crippen molar-refractivity contribution in [2.75, 3.05) is 45.1 Å². The number of amides is 1. The molecule has 0 radical (unpaired) electrons. The molecule has 0 fully saturated rings. The lowest BCUT2D eigenvalue weighted by Gasteiger charge is -2.13. The number of benzene rings is 1. The van der Waals surface area contributed by atoms with Crippen LogP contribution in [0.4, 0.5) is 11.5 Å². The van der Waals surface area contributed by atoms with Crippen LogP contribution in [0.15, 0.2) is 24.5 Å². The molecule has 0 saturated heterocycles. The molecular weight excluding hydrogens is 360 g/mol. The Morgan fingerprint density at radius 2 is 1.88 bits per heavy atom. The van der Waals surface area contributed by atoms with E-state index in [9.17, 15) is 4.79 Å². The predicted octanol–water partition coefficient (Wildman–Crippen LogP) is 2.85. The summed E-state index contributed by atoms with van der Waals surface area (Å²) >= 11 is 6.06. The number of ether oxygens (including phenoxy) is 3. The molecule has 1 amide bonds. The number of methoxy groups -OCH3 is 3. The number of aromatic nitrogens is 2. The highest BCUT2D eigenvalue weighted by Crippen LogP contribution is 2.35. The maximum absolute atomic E-state index is 12.4. The Kier molecular flexibility index (Phi) is 7.43. The van der Waals surface area contributed by atoms with E-state index in [1.54, 1.807) is 19.2 Å². The van der Waals surface area contributed by atoms with E-state index < -0.39 is 5.91 Å². The number of hydrogen-bond donors (Lipinski definition) is 2. The zero-order valence-corrected chi connectivity index (χ0v) is 15.6. The number of rotatable bonds is 9. The van der Waals surface area contributed by atoms with Crippen LogP contribution in [0.25, 0.3) is 0 Å². The molecule has 0 bridgehead atoms. The van der Waals surface area contributed by atoms with Crippen LogP contribution in [0.2, 0.25) is 5.02 Å². The molecule has 0 unspecified atom stereocenters. The average molecular weight is 381 g/mol. The SMILES string of the molecule is COCCCNc1cnc(C(=O)Nc2cc(OC)c(Cl)cc2OC)cn1. The molecule has 1 aromatic heterocycles. The number of halogens is 1. The van der Waals surface area contributed by atoms with Gasteiger partial charge in [-0.2, -0.15) is 0 Å². The molecule has 9 heteroatoms. The molecule has 1 aromatic carbocycles. The second kappa shape index (κ2) is 9.79. The Bertz CT molecular complexity index is 740. The second-order valence-corrected chi connectivity index (χ2v) is 5.61. The van der Waals surface area contributed by atoms with Gasteiger partial charge in [-0.1, -0.05) is 11.6 Å². The third-order valence-corrected chi connectivity index (χ3v) is 3.73. The summed E-state index contributed by atoms with van der Waals surface area (Å²) in [5.41, 5.74) is 0.589. The quantitative estimate of drug-likeness (QED) is 0.646. The summed E-state index contributed by atoms with van der Waals surface area (Å²) in [6.07, 6.45) is 3.74. The van der Waals surface area contributed by atoms with Gasteiger partial charge in [0, 0.05) is 32.4 Å². The molecule has 0 aliphatic rings. The van der Waals surface area contributed by atoms with Gasteiger partial charge >= 0.3 is 0 Å². The molecule has 0 saturated carbocycles. The smallest absolute Gasteiger partial charge is 0.275 e. The van der Waals surface area contributed by atoms with Gasteiger partial charge in [-0.15, -0.1) is 0 Å². The summed E-state index contributed by atoms with van der Waals surface area (Å²) in [5.74, 6) is 0.993. The van der Waals surface area contributed by atoms with Crippen molar-refractivity contribution in [3.63, 3.8) is 0 Å². The molecule has 8 nitrogen and oxygen atoms in total. The van der Waals surface area contributed by atoms with Crippen molar-refractivity contribution in [2.24, 2.45) is 0 Å². The van der Waals surface area contributed by atoms with Crippen molar-refractivity contribution in [2.45, 2.75) is 6.42 Å². The standard InChI is InChI=1S/C17H21ClN4O4/c1-24-6-4-5-19-16-10-20-13(9-21-16)17(23)22-12-8-14(25-2)11(18)7-15(12)26-3/h7-10H,4-6H2,1-3H3,(H,19,21)(H,22,23). The highest BCUT2D eigenvalue weighted by molar-refractivity contribution is 6.32. The van der Waals surface area contributed by atoms with Crippen LogP contribution in [-0.4, -0.2) is 50.4 Å². The fourth-order valence-corrected chi connectivity index (χ4v) is 2.34. The van der Waals surface area contributed by atoms with Gasteiger partial charge in [-0.25, -0.2) is 9.97 Å². The highest BCUT2D eigenvalue weighted by atomic mass is 35.5. The summed E-state index contributed by atoms with van der Waals surface area (Å²) in [5, 5.41) is 6.20. The van der Waals surface area contributed by atoms with Crippen molar-refractivity contribution in [3.05, 3.63) is 35.2 Å². The first-order chi connectivity index (χ1) is 12.6. The first-order valence-electron chi connectivity index (χ1n) is 7.86. The Balaban J connectivity index is 2.05. The third kappa shape index (κ3) is 5.21. The fraction of sp³-hybridized carbons (Fsp3) is 0.353. The summed E-state index contributed by atoms with van der Waals surface area (Å²) < 4.78 is 15.4. The lowest BCUT2D eigenvalue weighted by Crippen LogP contribution is -2.15. The summed E-state index contributed by atoms with van der Waals surface area (Å²) in [6, 6.07) is 3.15. The van der Waals surface area contributed by atoms with E-state index in [1.165, 1.54) is 26.6 Å². The van der Waals surface area contributed by atoms with E-state index in [0.717, 1.165) is 6.42 Å². The van der Waals surface area contributed by atoms with Gasteiger partial charge in [-0.3, -0.25) is 4.79 Å². The number of carbonyl (C=O) groups is 1. The number of nitrogens with zero attached hydrogens (tertiary/aromatic N) is 2. The molecule has 2 rings (SSSR count). The molecule has 140 valence electrons. The Hall–Kier alpha value is -2.58. The minimum atomic E-state index is -0.425. The number of nitrogens with one attached hydrogen (secondary N) is 2. The number of hydrogen-bond acceptors (Lipinski definition) is 7. The number of anilines is 2. The van der Waals surface area contributed by atoms with Crippen LogP contribution in [0.5, 0.6) is 11.5 Å². The van der Waals surface area contributed by atoms with Gasteiger partial charge in [0.15, 0.2) is 0 Å². The minimum Gasteiger partial charge on any atom is -0.495 e. The van der Waals surface area contributed by atoms with Crippen LogP contribution in [0, 0.1) is 0 Å². The average Bonchev–Trinajstić information content (AvgIpc) is 2.66. The minimum absolute atomic E-state index is 0.170. The van der Waals surface area contributed by atoms with Crippen molar-refractivity contribution in [1.29, 1.82) is 0 Å². The summed E-state index contributed by atoms with van der Waals surface area (Å²) in [6.45, 7) is 1.36. The van der Waals surface area contributed by atoms with Crippen LogP contribution < -0.4 is 20.1 Å². The van der Waals surface area contributed by atoms with Crippen LogP contribution in [-0.2, 0) is 4.74 Å². The molecule has 2 aromatic rings. The van der Waals surface area contributed by atoms with Crippen LogP contribution >= 0.6 is 11.6 Å². The van der Waals surface area contributed by atoms with Crippen molar-refractivity contribution >= 4 is 29.0 Å². The van der Waals surface area contributed by atoms with E-state index >= 15 is 0 Å². The van der Waals surface area contributed by atoms with Crippen molar-refractivity contribution in [3.8, 4) is 11.5 Å². The van der Waals surface area contributed by atoms with Gasteiger partial charge in [0.2, 0.25) is 0 Å². The van der Waals surface area contributed by atoms with Crippen LogP contribution in [0.1, 0.15) is 16.9 Å². The summed E-state index contributed by atoms with van der Waals surface area (Å²) in [7, 11) is 4.62. The lowest BCUT2D eigenvalue weighted by molar-refractivity contribution is 0.102. The topological polar surface area (TPSA) is 94.6 Å². The van der Waals surface area contributed by atoms with Crippen molar-refractivity contribution < 1.29 is 19.0 Å². The Morgan fingerprint density at radius 1 is 1.12 bits per heavy atom. The van der Waals surface area contributed by atoms with Gasteiger partial charge < -0.3 is 24.8 Å². The molecule has 0 aliphatic carbocycles. The molecule has 1 heterocycles. The fourth-order valence-electron chi connectivity index (χ4n) is 2.11. The molecular formula is C17H21ClN4O4.